The van der Waals surface area contributed by atoms with Gasteiger partial charge < -0.3 is 9.55 Å². The summed E-state index contributed by atoms with van der Waals surface area (Å²) in [7, 11) is 1.86. The lowest BCUT2D eigenvalue weighted by Crippen LogP contribution is -2.14. The molecular formula is C10H11BrN4O. The van der Waals surface area contributed by atoms with Crippen molar-refractivity contribution in [1.82, 2.24) is 19.5 Å². The Morgan fingerprint density at radius 1 is 1.56 bits per heavy atom. The van der Waals surface area contributed by atoms with Crippen LogP contribution >= 0.6 is 15.9 Å². The number of aromatic nitrogens is 4. The Labute approximate surface area is 101 Å². The molecule has 84 valence electrons. The smallest absolute Gasteiger partial charge is 0.265 e. The van der Waals surface area contributed by atoms with E-state index in [1.54, 1.807) is 6.20 Å². The van der Waals surface area contributed by atoms with Gasteiger partial charge in [-0.2, -0.15) is 0 Å². The molecule has 0 spiro atoms. The van der Waals surface area contributed by atoms with Crippen molar-refractivity contribution in [3.8, 4) is 11.6 Å². The van der Waals surface area contributed by atoms with Crippen molar-refractivity contribution in [1.29, 1.82) is 0 Å². The fraction of sp³-hybridized carbons (Fsp3) is 0.300. The Morgan fingerprint density at radius 3 is 2.88 bits per heavy atom. The van der Waals surface area contributed by atoms with Gasteiger partial charge in [0, 0.05) is 19.4 Å². The Hall–Kier alpha value is -1.43. The van der Waals surface area contributed by atoms with E-state index in [0.717, 1.165) is 5.69 Å². The van der Waals surface area contributed by atoms with E-state index >= 15 is 0 Å². The molecule has 2 aromatic heterocycles. The number of H-pyrrole nitrogens is 1. The van der Waals surface area contributed by atoms with Crippen molar-refractivity contribution >= 4 is 15.9 Å². The summed E-state index contributed by atoms with van der Waals surface area (Å²) in [6, 6.07) is 0. The Morgan fingerprint density at radius 2 is 2.31 bits per heavy atom. The van der Waals surface area contributed by atoms with E-state index in [0.29, 0.717) is 22.5 Å². The predicted molar refractivity (Wildman–Crippen MR) is 64.1 cm³/mol. The summed E-state index contributed by atoms with van der Waals surface area (Å²) in [4.78, 5) is 22.9. The summed E-state index contributed by atoms with van der Waals surface area (Å²) in [5.41, 5.74) is 0.562. The van der Waals surface area contributed by atoms with Gasteiger partial charge in [0.25, 0.3) is 5.56 Å². The van der Waals surface area contributed by atoms with Crippen molar-refractivity contribution in [2.75, 3.05) is 0 Å². The topological polar surface area (TPSA) is 63.6 Å². The minimum Gasteiger partial charge on any atom is -0.331 e. The van der Waals surface area contributed by atoms with Gasteiger partial charge in [-0.05, 0) is 22.4 Å². The van der Waals surface area contributed by atoms with Crippen molar-refractivity contribution in [2.24, 2.45) is 7.05 Å². The second-order valence-corrected chi connectivity index (χ2v) is 4.18. The van der Waals surface area contributed by atoms with Crippen LogP contribution in [0.5, 0.6) is 0 Å². The Balaban J connectivity index is 2.64. The lowest BCUT2D eigenvalue weighted by molar-refractivity contribution is 0.886. The zero-order valence-corrected chi connectivity index (χ0v) is 10.6. The van der Waals surface area contributed by atoms with Crippen LogP contribution in [0.4, 0.5) is 0 Å². The normalized spacial score (nSPS) is 10.7. The van der Waals surface area contributed by atoms with Crippen molar-refractivity contribution in [3.05, 3.63) is 32.9 Å². The molecule has 0 saturated heterocycles. The first kappa shape index (κ1) is 11.1. The molecule has 1 N–H and O–H groups in total. The van der Waals surface area contributed by atoms with Crippen LogP contribution in [0, 0.1) is 0 Å². The van der Waals surface area contributed by atoms with Crippen LogP contribution in [0.15, 0.2) is 21.7 Å². The van der Waals surface area contributed by atoms with E-state index in [2.05, 4.69) is 30.9 Å². The standard InChI is InChI=1S/C10H11BrN4O/c1-3-6-7(11)10(16)14-8(13-6)9-12-4-5-15(9)2/h4-5H,3H2,1-2H3,(H,13,14,16). The largest absolute Gasteiger partial charge is 0.331 e. The van der Waals surface area contributed by atoms with Gasteiger partial charge in [-0.25, -0.2) is 9.97 Å². The SMILES string of the molecule is CCc1nc(-c2nccn2C)[nH]c(=O)c1Br. The maximum atomic E-state index is 11.6. The number of hydrogen-bond acceptors (Lipinski definition) is 3. The number of imidazole rings is 1. The minimum absolute atomic E-state index is 0.176. The number of hydrogen-bond donors (Lipinski definition) is 1. The number of halogens is 1. The summed E-state index contributed by atoms with van der Waals surface area (Å²) >= 11 is 3.22. The fourth-order valence-corrected chi connectivity index (χ4v) is 1.91. The molecule has 2 heterocycles. The van der Waals surface area contributed by atoms with Gasteiger partial charge >= 0.3 is 0 Å². The van der Waals surface area contributed by atoms with Gasteiger partial charge in [0.1, 0.15) is 4.47 Å². The van der Waals surface area contributed by atoms with E-state index in [1.807, 2.05) is 24.7 Å². The quantitative estimate of drug-likeness (QED) is 0.908. The van der Waals surface area contributed by atoms with Gasteiger partial charge in [-0.1, -0.05) is 6.92 Å². The molecule has 5 nitrogen and oxygen atoms in total. The molecule has 2 aromatic rings. The Bertz CT molecular complexity index is 572. The molecule has 2 rings (SSSR count). The number of nitrogens with one attached hydrogen (secondary N) is 1. The molecule has 0 amide bonds. The molecule has 0 radical (unpaired) electrons. The minimum atomic E-state index is -0.176. The van der Waals surface area contributed by atoms with Gasteiger partial charge in [0.05, 0.1) is 5.69 Å². The molecule has 0 saturated carbocycles. The van der Waals surface area contributed by atoms with Crippen molar-refractivity contribution < 1.29 is 0 Å². The molecular weight excluding hydrogens is 272 g/mol. The fourth-order valence-electron chi connectivity index (χ4n) is 1.44. The highest BCUT2D eigenvalue weighted by Crippen LogP contribution is 2.14. The molecule has 0 unspecified atom stereocenters. The second-order valence-electron chi connectivity index (χ2n) is 3.39. The van der Waals surface area contributed by atoms with Gasteiger partial charge in [0.15, 0.2) is 11.6 Å². The first-order valence-electron chi connectivity index (χ1n) is 4.90. The number of aryl methyl sites for hydroxylation is 2. The first-order valence-corrected chi connectivity index (χ1v) is 5.69. The third-order valence-electron chi connectivity index (χ3n) is 2.30. The van der Waals surface area contributed by atoms with Crippen LogP contribution in [0.1, 0.15) is 12.6 Å². The van der Waals surface area contributed by atoms with Crippen molar-refractivity contribution in [2.45, 2.75) is 13.3 Å². The molecule has 0 aliphatic heterocycles. The monoisotopic (exact) mass is 282 g/mol. The number of aromatic amines is 1. The van der Waals surface area contributed by atoms with Crippen LogP contribution in [-0.4, -0.2) is 19.5 Å². The Kier molecular flexibility index (Phi) is 2.91. The van der Waals surface area contributed by atoms with E-state index in [1.165, 1.54) is 0 Å². The molecule has 0 aromatic carbocycles. The van der Waals surface area contributed by atoms with Crippen LogP contribution in [0.25, 0.3) is 11.6 Å². The summed E-state index contributed by atoms with van der Waals surface area (Å²) in [6.07, 6.45) is 4.17. The highest BCUT2D eigenvalue weighted by molar-refractivity contribution is 9.10. The van der Waals surface area contributed by atoms with Crippen LogP contribution in [-0.2, 0) is 13.5 Å². The van der Waals surface area contributed by atoms with Crippen LogP contribution in [0.3, 0.4) is 0 Å². The maximum absolute atomic E-state index is 11.6. The van der Waals surface area contributed by atoms with Gasteiger partial charge in [-0.3, -0.25) is 4.79 Å². The van der Waals surface area contributed by atoms with Crippen molar-refractivity contribution in [3.63, 3.8) is 0 Å². The van der Waals surface area contributed by atoms with Crippen LogP contribution in [0.2, 0.25) is 0 Å². The molecule has 0 fully saturated rings. The third-order valence-corrected chi connectivity index (χ3v) is 3.12. The first-order chi connectivity index (χ1) is 7.63. The predicted octanol–water partition coefficient (Wildman–Crippen LogP) is 1.50. The molecule has 0 bridgehead atoms. The average Bonchev–Trinajstić information content (AvgIpc) is 2.68. The number of nitrogens with zero attached hydrogens (tertiary/aromatic N) is 3. The van der Waals surface area contributed by atoms with E-state index < -0.39 is 0 Å². The maximum Gasteiger partial charge on any atom is 0.265 e. The zero-order chi connectivity index (χ0) is 11.7. The molecule has 6 heteroatoms. The van der Waals surface area contributed by atoms with E-state index in [-0.39, 0.29) is 5.56 Å². The lowest BCUT2D eigenvalue weighted by Gasteiger charge is -2.04. The van der Waals surface area contributed by atoms with E-state index in [4.69, 9.17) is 0 Å². The molecule has 16 heavy (non-hydrogen) atoms. The summed E-state index contributed by atoms with van der Waals surface area (Å²) < 4.78 is 2.30. The zero-order valence-electron chi connectivity index (χ0n) is 8.99. The highest BCUT2D eigenvalue weighted by atomic mass is 79.9. The number of rotatable bonds is 2. The summed E-state index contributed by atoms with van der Waals surface area (Å²) in [5.74, 6) is 1.15. The summed E-state index contributed by atoms with van der Waals surface area (Å²) in [5, 5.41) is 0. The van der Waals surface area contributed by atoms with Crippen LogP contribution < -0.4 is 5.56 Å². The molecule has 0 atom stereocenters. The lowest BCUT2D eigenvalue weighted by atomic mass is 10.3. The summed E-state index contributed by atoms with van der Waals surface area (Å²) in [6.45, 7) is 1.95. The van der Waals surface area contributed by atoms with E-state index in [9.17, 15) is 4.79 Å². The third kappa shape index (κ3) is 1.80. The van der Waals surface area contributed by atoms with Gasteiger partial charge in [-0.15, -0.1) is 0 Å². The van der Waals surface area contributed by atoms with Gasteiger partial charge in [0.2, 0.25) is 0 Å². The average molecular weight is 283 g/mol. The molecule has 0 aliphatic carbocycles. The molecule has 0 aliphatic rings. The second kappa shape index (κ2) is 4.21. The highest BCUT2D eigenvalue weighted by Gasteiger charge is 2.11.